The molecule has 0 unspecified atom stereocenters. The van der Waals surface area contributed by atoms with Crippen LogP contribution in [0.1, 0.15) is 15.9 Å². The third-order valence-corrected chi connectivity index (χ3v) is 4.48. The van der Waals surface area contributed by atoms with Crippen molar-refractivity contribution in [3.05, 3.63) is 71.8 Å². The van der Waals surface area contributed by atoms with Crippen LogP contribution in [0.25, 0.3) is 21.8 Å². The Balaban J connectivity index is 1.59. The summed E-state index contributed by atoms with van der Waals surface area (Å²) in [5, 5.41) is 25.2. The molecule has 0 aliphatic carbocycles. The number of hydrogen-bond donors (Lipinski definition) is 3. The highest BCUT2D eigenvalue weighted by atomic mass is 16.3. The zero-order valence-electron chi connectivity index (χ0n) is 14.5. The standard InChI is InChI=1S/C21H17N3O3/c1-24-19-5-3-2-4-17(19)18-8-13(6-7-20(18)24)12-22-23-21(27)14-9-15(25)11-16(26)10-14/h2-12,25-26H,1H3,(H,23,27)/b22-12+. The first-order chi connectivity index (χ1) is 13.0. The van der Waals surface area contributed by atoms with Crippen LogP contribution >= 0.6 is 0 Å². The van der Waals surface area contributed by atoms with E-state index in [1.54, 1.807) is 6.21 Å². The maximum atomic E-state index is 12.1. The molecular weight excluding hydrogens is 342 g/mol. The molecule has 0 saturated heterocycles. The second-order valence-electron chi connectivity index (χ2n) is 6.29. The van der Waals surface area contributed by atoms with E-state index in [9.17, 15) is 15.0 Å². The molecule has 3 N–H and O–H groups in total. The first-order valence-electron chi connectivity index (χ1n) is 8.36. The van der Waals surface area contributed by atoms with E-state index in [-0.39, 0.29) is 17.1 Å². The molecule has 134 valence electrons. The average molecular weight is 359 g/mol. The lowest BCUT2D eigenvalue weighted by atomic mass is 10.1. The summed E-state index contributed by atoms with van der Waals surface area (Å²) in [6.45, 7) is 0. The number of carbonyl (C=O) groups excluding carboxylic acids is 1. The topological polar surface area (TPSA) is 86.9 Å². The molecule has 0 spiro atoms. The maximum Gasteiger partial charge on any atom is 0.271 e. The van der Waals surface area contributed by atoms with Crippen LogP contribution in [0.2, 0.25) is 0 Å². The lowest BCUT2D eigenvalue weighted by Gasteiger charge is -2.02. The van der Waals surface area contributed by atoms with Crippen LogP contribution in [0.4, 0.5) is 0 Å². The number of aromatic nitrogens is 1. The monoisotopic (exact) mass is 359 g/mol. The molecule has 3 aromatic carbocycles. The number of amides is 1. The lowest BCUT2D eigenvalue weighted by Crippen LogP contribution is -2.17. The molecule has 1 heterocycles. The van der Waals surface area contributed by atoms with E-state index < -0.39 is 5.91 Å². The van der Waals surface area contributed by atoms with E-state index in [2.05, 4.69) is 27.2 Å². The smallest absolute Gasteiger partial charge is 0.271 e. The highest BCUT2D eigenvalue weighted by molar-refractivity contribution is 6.09. The van der Waals surface area contributed by atoms with Crippen LogP contribution in [0.3, 0.4) is 0 Å². The van der Waals surface area contributed by atoms with Gasteiger partial charge in [0.2, 0.25) is 0 Å². The molecule has 0 radical (unpaired) electrons. The first kappa shape index (κ1) is 16.7. The molecule has 6 heteroatoms. The van der Waals surface area contributed by atoms with Crippen molar-refractivity contribution >= 4 is 33.9 Å². The number of hydrogen-bond acceptors (Lipinski definition) is 4. The number of rotatable bonds is 3. The van der Waals surface area contributed by atoms with Gasteiger partial charge >= 0.3 is 0 Å². The molecule has 0 atom stereocenters. The Kier molecular flexibility index (Phi) is 4.01. The van der Waals surface area contributed by atoms with Crippen molar-refractivity contribution in [2.45, 2.75) is 0 Å². The number of benzene rings is 3. The molecular formula is C21H17N3O3. The number of phenols is 2. The molecule has 0 bridgehead atoms. The maximum absolute atomic E-state index is 12.1. The van der Waals surface area contributed by atoms with Gasteiger partial charge in [-0.25, -0.2) is 5.43 Å². The summed E-state index contributed by atoms with van der Waals surface area (Å²) >= 11 is 0. The number of nitrogens with one attached hydrogen (secondary N) is 1. The number of phenolic OH excluding ortho intramolecular Hbond substituents is 2. The average Bonchev–Trinajstić information content (AvgIpc) is 2.93. The molecule has 6 nitrogen and oxygen atoms in total. The number of aryl methyl sites for hydroxylation is 1. The predicted molar refractivity (Wildman–Crippen MR) is 105 cm³/mol. The molecule has 1 amide bonds. The molecule has 0 aliphatic heterocycles. The van der Waals surface area contributed by atoms with Crippen molar-refractivity contribution < 1.29 is 15.0 Å². The van der Waals surface area contributed by atoms with Gasteiger partial charge < -0.3 is 14.8 Å². The van der Waals surface area contributed by atoms with Crippen molar-refractivity contribution in [1.82, 2.24) is 9.99 Å². The van der Waals surface area contributed by atoms with Crippen LogP contribution in [0, 0.1) is 0 Å². The van der Waals surface area contributed by atoms with E-state index in [1.165, 1.54) is 12.1 Å². The highest BCUT2D eigenvalue weighted by Gasteiger charge is 2.09. The number of fused-ring (bicyclic) bond motifs is 3. The second kappa shape index (κ2) is 6.49. The van der Waals surface area contributed by atoms with E-state index >= 15 is 0 Å². The largest absolute Gasteiger partial charge is 0.508 e. The zero-order valence-corrected chi connectivity index (χ0v) is 14.5. The molecule has 0 fully saturated rings. The summed E-state index contributed by atoms with van der Waals surface area (Å²) in [5.74, 6) is -0.903. The van der Waals surface area contributed by atoms with Crippen molar-refractivity contribution in [2.75, 3.05) is 0 Å². The van der Waals surface area contributed by atoms with Crippen molar-refractivity contribution in [2.24, 2.45) is 12.1 Å². The zero-order chi connectivity index (χ0) is 19.0. The number of nitrogens with zero attached hydrogens (tertiary/aromatic N) is 2. The predicted octanol–water partition coefficient (Wildman–Crippen LogP) is 3.51. The van der Waals surface area contributed by atoms with Gasteiger partial charge in [-0.15, -0.1) is 0 Å². The summed E-state index contributed by atoms with van der Waals surface area (Å²) in [7, 11) is 2.03. The third-order valence-electron chi connectivity index (χ3n) is 4.48. The fourth-order valence-electron chi connectivity index (χ4n) is 3.22. The lowest BCUT2D eigenvalue weighted by molar-refractivity contribution is 0.0954. The van der Waals surface area contributed by atoms with Gasteiger partial charge in [0.25, 0.3) is 5.91 Å². The Morgan fingerprint density at radius 1 is 0.963 bits per heavy atom. The van der Waals surface area contributed by atoms with Gasteiger partial charge in [0.15, 0.2) is 0 Å². The molecule has 0 saturated carbocycles. The summed E-state index contributed by atoms with van der Waals surface area (Å²) in [4.78, 5) is 12.1. The van der Waals surface area contributed by atoms with E-state index in [1.807, 2.05) is 37.4 Å². The second-order valence-corrected chi connectivity index (χ2v) is 6.29. The quantitative estimate of drug-likeness (QED) is 0.386. The number of aromatic hydroxyl groups is 2. The normalized spacial score (nSPS) is 11.4. The fraction of sp³-hybridized carbons (Fsp3) is 0.0476. The number of carbonyl (C=O) groups is 1. The Labute approximate surface area is 155 Å². The SMILES string of the molecule is Cn1c2ccccc2c2cc(/C=N/NC(=O)c3cc(O)cc(O)c3)ccc21. The Morgan fingerprint density at radius 3 is 2.44 bits per heavy atom. The molecule has 4 rings (SSSR count). The summed E-state index contributed by atoms with van der Waals surface area (Å²) < 4.78 is 2.14. The van der Waals surface area contributed by atoms with Crippen molar-refractivity contribution in [3.63, 3.8) is 0 Å². The van der Waals surface area contributed by atoms with E-state index in [0.717, 1.165) is 33.4 Å². The van der Waals surface area contributed by atoms with Gasteiger partial charge in [-0.3, -0.25) is 4.79 Å². The minimum absolute atomic E-state index is 0.120. The number of para-hydroxylation sites is 1. The minimum atomic E-state index is -0.524. The first-order valence-corrected chi connectivity index (χ1v) is 8.36. The van der Waals surface area contributed by atoms with Gasteiger partial charge in [0.1, 0.15) is 11.5 Å². The van der Waals surface area contributed by atoms with Crippen LogP contribution in [0.5, 0.6) is 11.5 Å². The van der Waals surface area contributed by atoms with E-state index in [0.29, 0.717) is 0 Å². The van der Waals surface area contributed by atoms with Gasteiger partial charge in [-0.2, -0.15) is 5.10 Å². The summed E-state index contributed by atoms with van der Waals surface area (Å²) in [6.07, 6.45) is 1.56. The van der Waals surface area contributed by atoms with Crippen LogP contribution in [0.15, 0.2) is 65.8 Å². The minimum Gasteiger partial charge on any atom is -0.508 e. The van der Waals surface area contributed by atoms with E-state index in [4.69, 9.17) is 0 Å². The Bertz CT molecular complexity index is 1190. The third kappa shape index (κ3) is 3.08. The van der Waals surface area contributed by atoms with Gasteiger partial charge in [0.05, 0.1) is 6.21 Å². The van der Waals surface area contributed by atoms with Gasteiger partial charge in [-0.1, -0.05) is 24.3 Å². The highest BCUT2D eigenvalue weighted by Crippen LogP contribution is 2.28. The van der Waals surface area contributed by atoms with Crippen molar-refractivity contribution in [3.8, 4) is 11.5 Å². The molecule has 0 aliphatic rings. The Hall–Kier alpha value is -3.80. The van der Waals surface area contributed by atoms with Gasteiger partial charge in [-0.05, 0) is 35.9 Å². The molecule has 27 heavy (non-hydrogen) atoms. The summed E-state index contributed by atoms with van der Waals surface area (Å²) in [6, 6.07) is 17.8. The van der Waals surface area contributed by atoms with Crippen LogP contribution in [-0.4, -0.2) is 26.9 Å². The molecule has 1 aromatic heterocycles. The fourth-order valence-corrected chi connectivity index (χ4v) is 3.22. The van der Waals surface area contributed by atoms with Crippen LogP contribution < -0.4 is 5.43 Å². The van der Waals surface area contributed by atoms with Crippen LogP contribution in [-0.2, 0) is 7.05 Å². The number of hydrazone groups is 1. The molecule has 4 aromatic rings. The van der Waals surface area contributed by atoms with Crippen molar-refractivity contribution in [1.29, 1.82) is 0 Å². The summed E-state index contributed by atoms with van der Waals surface area (Å²) in [5.41, 5.74) is 5.63. The Morgan fingerprint density at radius 2 is 1.67 bits per heavy atom. The van der Waals surface area contributed by atoms with Gasteiger partial charge in [0, 0.05) is 40.5 Å².